The molecular formula is C17H15F3N6O2. The number of nitrogens with one attached hydrogen (secondary N) is 2. The van der Waals surface area contributed by atoms with Gasteiger partial charge in [-0.3, -0.25) is 19.0 Å². The molecule has 0 fully saturated rings. The molecule has 0 radical (unpaired) electrons. The van der Waals surface area contributed by atoms with Crippen LogP contribution in [0.25, 0.3) is 0 Å². The second-order valence-corrected chi connectivity index (χ2v) is 5.85. The minimum absolute atomic E-state index is 0.261. The van der Waals surface area contributed by atoms with Crippen molar-refractivity contribution in [2.75, 3.05) is 10.6 Å². The number of amides is 2. The topological polar surface area (TPSA) is 93.8 Å². The van der Waals surface area contributed by atoms with Gasteiger partial charge in [0.05, 0.1) is 0 Å². The molecule has 28 heavy (non-hydrogen) atoms. The first-order chi connectivity index (χ1) is 13.2. The lowest BCUT2D eigenvalue weighted by molar-refractivity contribution is -0.141. The minimum atomic E-state index is -4.56. The number of alkyl halides is 3. The van der Waals surface area contributed by atoms with Gasteiger partial charge in [-0.1, -0.05) is 0 Å². The first-order valence-corrected chi connectivity index (χ1v) is 8.02. The van der Waals surface area contributed by atoms with Crippen molar-refractivity contribution in [3.05, 3.63) is 60.2 Å². The fourth-order valence-corrected chi connectivity index (χ4v) is 2.32. The van der Waals surface area contributed by atoms with Crippen LogP contribution in [0.1, 0.15) is 16.2 Å². The summed E-state index contributed by atoms with van der Waals surface area (Å²) in [6.07, 6.45) is -1.83. The molecule has 3 aromatic rings. The summed E-state index contributed by atoms with van der Waals surface area (Å²) >= 11 is 0. The van der Waals surface area contributed by atoms with E-state index in [4.69, 9.17) is 0 Å². The highest BCUT2D eigenvalue weighted by atomic mass is 19.4. The number of benzene rings is 1. The van der Waals surface area contributed by atoms with Gasteiger partial charge < -0.3 is 10.6 Å². The third-order valence-electron chi connectivity index (χ3n) is 3.61. The predicted octanol–water partition coefficient (Wildman–Crippen LogP) is 2.53. The Balaban J connectivity index is 1.55. The fourth-order valence-electron chi connectivity index (χ4n) is 2.32. The van der Waals surface area contributed by atoms with E-state index in [0.29, 0.717) is 11.4 Å². The Hall–Kier alpha value is -3.63. The van der Waals surface area contributed by atoms with Crippen LogP contribution < -0.4 is 10.6 Å². The molecule has 2 aromatic heterocycles. The van der Waals surface area contributed by atoms with E-state index < -0.39 is 17.8 Å². The smallest absolute Gasteiger partial charge is 0.324 e. The van der Waals surface area contributed by atoms with Crippen LogP contribution in [-0.2, 0) is 24.6 Å². The minimum Gasteiger partial charge on any atom is -0.324 e. The molecule has 0 aliphatic rings. The Labute approximate surface area is 157 Å². The van der Waals surface area contributed by atoms with Crippen molar-refractivity contribution in [3.8, 4) is 0 Å². The number of nitrogens with zero attached hydrogens (tertiary/aromatic N) is 4. The number of hydrogen-bond donors (Lipinski definition) is 2. The zero-order valence-electron chi connectivity index (χ0n) is 14.6. The summed E-state index contributed by atoms with van der Waals surface area (Å²) in [7, 11) is 1.70. The van der Waals surface area contributed by atoms with Crippen LogP contribution in [0.4, 0.5) is 24.5 Å². The molecule has 0 saturated carbocycles. The standard InChI is InChI=1S/C17H15F3N6O2/c1-25-8-6-13(23-25)16(28)22-12-4-2-11(3-5-12)21-15(27)10-26-9-7-14(24-26)17(18,19)20/h2-9H,10H2,1H3,(H,21,27)(H,22,28). The average Bonchev–Trinajstić information content (AvgIpc) is 3.25. The molecule has 1 aromatic carbocycles. The summed E-state index contributed by atoms with van der Waals surface area (Å²) in [5.41, 5.74) is 0.116. The molecule has 0 aliphatic heterocycles. The lowest BCUT2D eigenvalue weighted by atomic mass is 10.2. The molecule has 3 rings (SSSR count). The van der Waals surface area contributed by atoms with Gasteiger partial charge in [0.1, 0.15) is 6.54 Å². The summed E-state index contributed by atoms with van der Waals surface area (Å²) in [6.45, 7) is -0.367. The fraction of sp³-hybridized carbons (Fsp3) is 0.176. The van der Waals surface area contributed by atoms with Gasteiger partial charge in [-0.2, -0.15) is 23.4 Å². The van der Waals surface area contributed by atoms with E-state index in [1.807, 2.05) is 0 Å². The van der Waals surface area contributed by atoms with Crippen LogP contribution in [0.2, 0.25) is 0 Å². The zero-order valence-corrected chi connectivity index (χ0v) is 14.6. The predicted molar refractivity (Wildman–Crippen MR) is 93.5 cm³/mol. The summed E-state index contributed by atoms with van der Waals surface area (Å²) in [6, 6.07) is 8.63. The maximum Gasteiger partial charge on any atom is 0.435 e. The maximum absolute atomic E-state index is 12.5. The van der Waals surface area contributed by atoms with Gasteiger partial charge >= 0.3 is 6.18 Å². The zero-order chi connectivity index (χ0) is 20.3. The number of aromatic nitrogens is 4. The van der Waals surface area contributed by atoms with Crippen LogP contribution in [0.5, 0.6) is 0 Å². The van der Waals surface area contributed by atoms with Crippen molar-refractivity contribution in [1.29, 1.82) is 0 Å². The molecule has 2 heterocycles. The molecular weight excluding hydrogens is 377 g/mol. The molecule has 146 valence electrons. The number of hydrogen-bond acceptors (Lipinski definition) is 4. The Bertz CT molecular complexity index is 991. The van der Waals surface area contributed by atoms with Crippen molar-refractivity contribution in [3.63, 3.8) is 0 Å². The maximum atomic E-state index is 12.5. The van der Waals surface area contributed by atoms with Crippen molar-refractivity contribution in [2.45, 2.75) is 12.7 Å². The van der Waals surface area contributed by atoms with Crippen LogP contribution in [0.3, 0.4) is 0 Å². The lowest BCUT2D eigenvalue weighted by Gasteiger charge is -2.08. The Morgan fingerprint density at radius 1 is 0.964 bits per heavy atom. The summed E-state index contributed by atoms with van der Waals surface area (Å²) in [5.74, 6) is -0.918. The average molecular weight is 392 g/mol. The second-order valence-electron chi connectivity index (χ2n) is 5.85. The van der Waals surface area contributed by atoms with Gasteiger partial charge in [0, 0.05) is 30.8 Å². The van der Waals surface area contributed by atoms with Crippen molar-refractivity contribution in [2.24, 2.45) is 7.05 Å². The number of carbonyl (C=O) groups is 2. The quantitative estimate of drug-likeness (QED) is 0.698. The SMILES string of the molecule is Cn1ccc(C(=O)Nc2ccc(NC(=O)Cn3ccc(C(F)(F)F)n3)cc2)n1. The van der Waals surface area contributed by atoms with Crippen LogP contribution in [0, 0.1) is 0 Å². The highest BCUT2D eigenvalue weighted by molar-refractivity contribution is 6.03. The summed E-state index contributed by atoms with van der Waals surface area (Å²) < 4.78 is 39.9. The molecule has 2 N–H and O–H groups in total. The van der Waals surface area contributed by atoms with Crippen LogP contribution >= 0.6 is 0 Å². The van der Waals surface area contributed by atoms with E-state index >= 15 is 0 Å². The Kier molecular flexibility index (Phi) is 5.16. The monoisotopic (exact) mass is 392 g/mol. The normalized spacial score (nSPS) is 11.3. The highest BCUT2D eigenvalue weighted by Crippen LogP contribution is 2.27. The van der Waals surface area contributed by atoms with E-state index in [2.05, 4.69) is 20.8 Å². The van der Waals surface area contributed by atoms with Gasteiger partial charge in [0.15, 0.2) is 11.4 Å². The van der Waals surface area contributed by atoms with E-state index in [-0.39, 0.29) is 18.1 Å². The molecule has 0 bridgehead atoms. The van der Waals surface area contributed by atoms with Crippen LogP contribution in [0.15, 0.2) is 48.8 Å². The summed E-state index contributed by atoms with van der Waals surface area (Å²) in [4.78, 5) is 24.0. The Morgan fingerprint density at radius 2 is 1.61 bits per heavy atom. The molecule has 0 unspecified atom stereocenters. The van der Waals surface area contributed by atoms with Crippen molar-refractivity contribution >= 4 is 23.2 Å². The number of halogens is 3. The number of rotatable bonds is 5. The van der Waals surface area contributed by atoms with E-state index in [0.717, 1.165) is 16.9 Å². The molecule has 0 saturated heterocycles. The first-order valence-electron chi connectivity index (χ1n) is 8.02. The largest absolute Gasteiger partial charge is 0.435 e. The van der Waals surface area contributed by atoms with Crippen LogP contribution in [-0.4, -0.2) is 31.4 Å². The number of aryl methyl sites for hydroxylation is 1. The number of anilines is 2. The third-order valence-corrected chi connectivity index (χ3v) is 3.61. The third kappa shape index (κ3) is 4.75. The van der Waals surface area contributed by atoms with Gasteiger partial charge in [-0.05, 0) is 36.4 Å². The summed E-state index contributed by atoms with van der Waals surface area (Å²) in [5, 5.41) is 12.5. The van der Waals surface area contributed by atoms with E-state index in [1.54, 1.807) is 43.6 Å². The Morgan fingerprint density at radius 3 is 2.14 bits per heavy atom. The molecule has 2 amide bonds. The highest BCUT2D eigenvalue weighted by Gasteiger charge is 2.33. The van der Waals surface area contributed by atoms with Gasteiger partial charge in [-0.25, -0.2) is 0 Å². The molecule has 0 aliphatic carbocycles. The lowest BCUT2D eigenvalue weighted by Crippen LogP contribution is -2.19. The first kappa shape index (κ1) is 19.1. The molecule has 0 atom stereocenters. The van der Waals surface area contributed by atoms with Crippen molar-refractivity contribution < 1.29 is 22.8 Å². The molecule has 0 spiro atoms. The molecule has 8 nitrogen and oxygen atoms in total. The second kappa shape index (κ2) is 7.55. The van der Waals surface area contributed by atoms with Gasteiger partial charge in [0.2, 0.25) is 5.91 Å². The van der Waals surface area contributed by atoms with Gasteiger partial charge in [-0.15, -0.1) is 0 Å². The van der Waals surface area contributed by atoms with E-state index in [9.17, 15) is 22.8 Å². The van der Waals surface area contributed by atoms with Gasteiger partial charge in [0.25, 0.3) is 5.91 Å². The van der Waals surface area contributed by atoms with Crippen molar-refractivity contribution in [1.82, 2.24) is 19.6 Å². The number of carbonyl (C=O) groups excluding carboxylic acids is 2. The molecule has 11 heteroatoms. The van der Waals surface area contributed by atoms with E-state index in [1.165, 1.54) is 4.68 Å².